The largest absolute Gasteiger partial charge is 0.349 e. The molecule has 4 heteroatoms. The van der Waals surface area contributed by atoms with E-state index in [-0.39, 0.29) is 0 Å². The van der Waals surface area contributed by atoms with Crippen LogP contribution in [0.5, 0.6) is 0 Å². The number of aromatic amines is 1. The number of hydrogen-bond donors (Lipinski definition) is 1. The van der Waals surface area contributed by atoms with Gasteiger partial charge >= 0.3 is 5.65 Å². The number of fused-ring (bicyclic) bond motifs is 1. The fourth-order valence-electron chi connectivity index (χ4n) is 2.07. The Morgan fingerprint density at radius 3 is 2.67 bits per heavy atom. The van der Waals surface area contributed by atoms with Crippen LogP contribution >= 0.6 is 0 Å². The lowest BCUT2D eigenvalue weighted by molar-refractivity contribution is -0.677. The van der Waals surface area contributed by atoms with Gasteiger partial charge in [0.1, 0.15) is 12.6 Å². The summed E-state index contributed by atoms with van der Waals surface area (Å²) < 4.78 is 4.11. The number of nitrogens with one attached hydrogen (secondary N) is 1. The third-order valence-corrected chi connectivity index (χ3v) is 3.29. The average Bonchev–Trinajstić information content (AvgIpc) is 2.78. The second-order valence-electron chi connectivity index (χ2n) is 4.61. The molecule has 0 aliphatic carbocycles. The van der Waals surface area contributed by atoms with Crippen LogP contribution in [0.4, 0.5) is 0 Å². The molecule has 0 aliphatic heterocycles. The van der Waals surface area contributed by atoms with Crippen LogP contribution in [0.3, 0.4) is 0 Å². The summed E-state index contributed by atoms with van der Waals surface area (Å²) in [6.45, 7) is 2.09. The van der Waals surface area contributed by atoms with Crippen molar-refractivity contribution in [1.82, 2.24) is 9.97 Å². The van der Waals surface area contributed by atoms with E-state index >= 15 is 0 Å². The van der Waals surface area contributed by atoms with Gasteiger partial charge in [0.05, 0.1) is 18.8 Å². The van der Waals surface area contributed by atoms with Gasteiger partial charge in [-0.3, -0.25) is 0 Å². The third kappa shape index (κ3) is 1.66. The molecule has 0 aromatic carbocycles. The molecule has 0 spiro atoms. The summed E-state index contributed by atoms with van der Waals surface area (Å²) in [7, 11) is 4.04. The van der Waals surface area contributed by atoms with E-state index in [1.807, 2.05) is 37.0 Å². The molecule has 0 saturated heterocycles. The Hall–Kier alpha value is -2.23. The third-order valence-electron chi connectivity index (χ3n) is 3.29. The van der Waals surface area contributed by atoms with E-state index < -0.39 is 0 Å². The maximum absolute atomic E-state index is 4.65. The standard InChI is InChI=1S/C14H15N4/c1-10-9-11(6-8-17(10)2)13-15-12-5-4-7-18(3)14(12)16-13/h4-9H,1-3H3/q+1/p+1. The Balaban J connectivity index is 2.19. The van der Waals surface area contributed by atoms with E-state index in [9.17, 15) is 0 Å². The van der Waals surface area contributed by atoms with Crippen LogP contribution in [0, 0.1) is 6.92 Å². The minimum atomic E-state index is 0.913. The first-order valence-corrected chi connectivity index (χ1v) is 5.96. The summed E-state index contributed by atoms with van der Waals surface area (Å²) in [4.78, 5) is 8.01. The molecule has 3 rings (SSSR count). The smallest absolute Gasteiger partial charge is 0.312 e. The number of rotatable bonds is 1. The molecule has 4 nitrogen and oxygen atoms in total. The summed E-state index contributed by atoms with van der Waals surface area (Å²) >= 11 is 0. The number of nitrogens with zero attached hydrogens (tertiary/aromatic N) is 3. The van der Waals surface area contributed by atoms with Crippen molar-refractivity contribution < 1.29 is 9.13 Å². The van der Waals surface area contributed by atoms with Gasteiger partial charge in [-0.05, 0) is 17.1 Å². The minimum Gasteiger partial charge on any atom is -0.312 e. The zero-order valence-corrected chi connectivity index (χ0v) is 10.8. The average molecular weight is 240 g/mol. The van der Waals surface area contributed by atoms with Crippen molar-refractivity contribution in [3.8, 4) is 11.4 Å². The first-order valence-electron chi connectivity index (χ1n) is 5.96. The number of aryl methyl sites for hydroxylation is 3. The summed E-state index contributed by atoms with van der Waals surface area (Å²) in [5.41, 5.74) is 4.35. The molecule has 0 aliphatic rings. The van der Waals surface area contributed by atoms with Gasteiger partial charge in [0.2, 0.25) is 0 Å². The highest BCUT2D eigenvalue weighted by atomic mass is 15.1. The quantitative estimate of drug-likeness (QED) is 0.637. The van der Waals surface area contributed by atoms with E-state index in [0.717, 1.165) is 22.6 Å². The van der Waals surface area contributed by atoms with Crippen molar-refractivity contribution in [2.45, 2.75) is 6.92 Å². The Morgan fingerprint density at radius 1 is 1.11 bits per heavy atom. The van der Waals surface area contributed by atoms with Crippen molar-refractivity contribution in [2.24, 2.45) is 14.1 Å². The van der Waals surface area contributed by atoms with Crippen molar-refractivity contribution in [2.75, 3.05) is 0 Å². The molecule has 18 heavy (non-hydrogen) atoms. The molecule has 0 atom stereocenters. The molecule has 0 fully saturated rings. The number of pyridine rings is 2. The first kappa shape index (κ1) is 10.9. The van der Waals surface area contributed by atoms with Crippen LogP contribution in [0.1, 0.15) is 5.69 Å². The number of H-pyrrole nitrogens is 1. The number of aromatic nitrogens is 4. The summed E-state index contributed by atoms with van der Waals surface area (Å²) in [6.07, 6.45) is 4.06. The van der Waals surface area contributed by atoms with E-state index in [4.69, 9.17) is 0 Å². The Kier molecular flexibility index (Phi) is 2.37. The molecule has 0 saturated carbocycles. The molecular formula is C14H16N4+2. The Labute approximate surface area is 106 Å². The van der Waals surface area contributed by atoms with Crippen molar-refractivity contribution >= 4 is 11.2 Å². The molecule has 1 N–H and O–H groups in total. The zero-order chi connectivity index (χ0) is 12.7. The lowest BCUT2D eigenvalue weighted by Crippen LogP contribution is -2.30. The van der Waals surface area contributed by atoms with Crippen LogP contribution in [0.15, 0.2) is 36.7 Å². The molecule has 3 aromatic rings. The second-order valence-corrected chi connectivity index (χ2v) is 4.61. The highest BCUT2D eigenvalue weighted by Gasteiger charge is 2.16. The maximum Gasteiger partial charge on any atom is 0.349 e. The molecule has 0 bridgehead atoms. The van der Waals surface area contributed by atoms with Crippen LogP contribution in [-0.2, 0) is 14.1 Å². The van der Waals surface area contributed by atoms with Crippen LogP contribution in [0.25, 0.3) is 22.6 Å². The van der Waals surface area contributed by atoms with Gasteiger partial charge in [0.15, 0.2) is 11.9 Å². The lowest BCUT2D eigenvalue weighted by Gasteiger charge is -1.94. The molecule has 3 aromatic heterocycles. The Bertz CT molecular complexity index is 728. The van der Waals surface area contributed by atoms with Crippen LogP contribution in [-0.4, -0.2) is 9.97 Å². The van der Waals surface area contributed by atoms with E-state index in [2.05, 4.69) is 39.8 Å². The summed E-state index contributed by atoms with van der Waals surface area (Å²) in [6, 6.07) is 8.27. The molecule has 0 unspecified atom stereocenters. The predicted octanol–water partition coefficient (Wildman–Crippen LogP) is 1.19. The first-order chi connectivity index (χ1) is 8.65. The van der Waals surface area contributed by atoms with E-state index in [0.29, 0.717) is 0 Å². The highest BCUT2D eigenvalue weighted by Crippen LogP contribution is 2.17. The monoisotopic (exact) mass is 240 g/mol. The van der Waals surface area contributed by atoms with Gasteiger partial charge in [-0.2, -0.15) is 0 Å². The summed E-state index contributed by atoms with van der Waals surface area (Å²) in [5, 5.41) is 0. The molecule has 0 amide bonds. The molecular weight excluding hydrogens is 224 g/mol. The number of imidazole rings is 1. The van der Waals surface area contributed by atoms with Crippen molar-refractivity contribution in [1.29, 1.82) is 0 Å². The van der Waals surface area contributed by atoms with Gasteiger partial charge in [-0.25, -0.2) is 9.13 Å². The Morgan fingerprint density at radius 2 is 1.94 bits per heavy atom. The zero-order valence-electron chi connectivity index (χ0n) is 10.8. The predicted molar refractivity (Wildman–Crippen MR) is 68.6 cm³/mol. The topological polar surface area (TPSA) is 36.4 Å². The van der Waals surface area contributed by atoms with Crippen LogP contribution in [0.2, 0.25) is 0 Å². The van der Waals surface area contributed by atoms with Gasteiger partial charge in [0.25, 0.3) is 5.82 Å². The lowest BCUT2D eigenvalue weighted by atomic mass is 10.2. The fourth-order valence-corrected chi connectivity index (χ4v) is 2.07. The van der Waals surface area contributed by atoms with Crippen molar-refractivity contribution in [3.63, 3.8) is 0 Å². The van der Waals surface area contributed by atoms with Gasteiger partial charge in [-0.1, -0.05) is 0 Å². The molecule has 0 radical (unpaired) electrons. The molecule has 3 heterocycles. The normalized spacial score (nSPS) is 11.1. The van der Waals surface area contributed by atoms with E-state index in [1.54, 1.807) is 0 Å². The minimum absolute atomic E-state index is 0.913. The highest BCUT2D eigenvalue weighted by molar-refractivity contribution is 5.73. The van der Waals surface area contributed by atoms with Gasteiger partial charge < -0.3 is 4.98 Å². The molecule has 90 valence electrons. The van der Waals surface area contributed by atoms with Gasteiger partial charge in [0, 0.05) is 19.1 Å². The van der Waals surface area contributed by atoms with Gasteiger partial charge in [-0.15, -0.1) is 0 Å². The second kappa shape index (κ2) is 3.91. The maximum atomic E-state index is 4.65. The fraction of sp³-hybridized carbons (Fsp3) is 0.214. The van der Waals surface area contributed by atoms with E-state index in [1.165, 1.54) is 5.69 Å². The van der Waals surface area contributed by atoms with Crippen molar-refractivity contribution in [3.05, 3.63) is 42.4 Å². The SMILES string of the molecule is Cc1cc(-c2nc3c(ccc[n+]3C)[nH]2)cc[n+]1C. The van der Waals surface area contributed by atoms with Crippen LogP contribution < -0.4 is 9.13 Å². The number of hydrogen-bond acceptors (Lipinski definition) is 1. The summed E-state index contributed by atoms with van der Waals surface area (Å²) in [5.74, 6) is 0.913.